The number of rotatable bonds is 2. The standard InChI is InChI=1S/C20H17ClN2O3/c1-11-15(19(24)23(3)20(25)16(11)10-22)9-13-7-8-18(26-13)14-5-4-6-17(21)12(14)2/h4-9,11,16H,1-3H3/b15-9+. The van der Waals surface area contributed by atoms with Gasteiger partial charge >= 0.3 is 0 Å². The van der Waals surface area contributed by atoms with E-state index < -0.39 is 23.7 Å². The lowest BCUT2D eigenvalue weighted by atomic mass is 9.82. The van der Waals surface area contributed by atoms with Crippen molar-refractivity contribution in [3.8, 4) is 17.4 Å². The summed E-state index contributed by atoms with van der Waals surface area (Å²) in [6.07, 6.45) is 1.60. The van der Waals surface area contributed by atoms with Crippen LogP contribution in [0.5, 0.6) is 0 Å². The number of carbonyl (C=O) groups is 2. The maximum atomic E-state index is 12.5. The fourth-order valence-corrected chi connectivity index (χ4v) is 3.23. The van der Waals surface area contributed by atoms with E-state index in [1.54, 1.807) is 25.1 Å². The highest BCUT2D eigenvalue weighted by Crippen LogP contribution is 2.33. The summed E-state index contributed by atoms with van der Waals surface area (Å²) in [5.41, 5.74) is 2.15. The van der Waals surface area contributed by atoms with Gasteiger partial charge in [0.2, 0.25) is 5.91 Å². The number of hydrogen-bond donors (Lipinski definition) is 0. The molecule has 0 radical (unpaired) electrons. The van der Waals surface area contributed by atoms with Gasteiger partial charge in [-0.25, -0.2) is 0 Å². The van der Waals surface area contributed by atoms with Crippen molar-refractivity contribution in [2.24, 2.45) is 11.8 Å². The molecule has 1 aromatic carbocycles. The Bertz CT molecular complexity index is 968. The van der Waals surface area contributed by atoms with E-state index in [-0.39, 0.29) is 0 Å². The normalized spacial score (nSPS) is 22.0. The zero-order chi connectivity index (χ0) is 19.0. The number of likely N-dealkylation sites (tertiary alicyclic amines) is 1. The minimum Gasteiger partial charge on any atom is -0.457 e. The van der Waals surface area contributed by atoms with Gasteiger partial charge in [0.05, 0.1) is 6.07 Å². The average Bonchev–Trinajstić information content (AvgIpc) is 3.08. The molecule has 2 unspecified atom stereocenters. The number of piperidine rings is 1. The first-order valence-electron chi connectivity index (χ1n) is 8.13. The van der Waals surface area contributed by atoms with Gasteiger partial charge in [0, 0.05) is 29.1 Å². The van der Waals surface area contributed by atoms with Gasteiger partial charge in [0.25, 0.3) is 5.91 Å². The molecule has 6 heteroatoms. The highest BCUT2D eigenvalue weighted by atomic mass is 35.5. The molecule has 5 nitrogen and oxygen atoms in total. The number of imide groups is 1. The lowest BCUT2D eigenvalue weighted by Gasteiger charge is -2.30. The van der Waals surface area contributed by atoms with E-state index in [9.17, 15) is 14.9 Å². The van der Waals surface area contributed by atoms with Crippen molar-refractivity contribution >= 4 is 29.5 Å². The van der Waals surface area contributed by atoms with Crippen LogP contribution in [0.3, 0.4) is 0 Å². The smallest absolute Gasteiger partial charge is 0.256 e. The summed E-state index contributed by atoms with van der Waals surface area (Å²) < 4.78 is 5.86. The van der Waals surface area contributed by atoms with Crippen LogP contribution < -0.4 is 0 Å². The first-order valence-corrected chi connectivity index (χ1v) is 8.51. The molecule has 2 amide bonds. The molecule has 1 aromatic heterocycles. The summed E-state index contributed by atoms with van der Waals surface area (Å²) in [6, 6.07) is 11.1. The average molecular weight is 369 g/mol. The van der Waals surface area contributed by atoms with Gasteiger partial charge in [-0.2, -0.15) is 5.26 Å². The van der Waals surface area contributed by atoms with Gasteiger partial charge in [-0.1, -0.05) is 30.7 Å². The van der Waals surface area contributed by atoms with Crippen molar-refractivity contribution in [3.05, 3.63) is 52.3 Å². The molecule has 3 rings (SSSR count). The molecule has 0 spiro atoms. The molecule has 2 aromatic rings. The Morgan fingerprint density at radius 2 is 2.00 bits per heavy atom. The summed E-state index contributed by atoms with van der Waals surface area (Å²) in [4.78, 5) is 25.5. The first-order chi connectivity index (χ1) is 12.3. The Hall–Kier alpha value is -2.84. The van der Waals surface area contributed by atoms with Crippen LogP contribution in [0.4, 0.5) is 0 Å². The molecule has 1 fully saturated rings. The monoisotopic (exact) mass is 368 g/mol. The molecule has 1 saturated heterocycles. The maximum Gasteiger partial charge on any atom is 0.256 e. The Morgan fingerprint density at radius 1 is 1.27 bits per heavy atom. The second kappa shape index (κ2) is 6.81. The Balaban J connectivity index is 1.99. The summed E-state index contributed by atoms with van der Waals surface area (Å²) in [7, 11) is 1.39. The van der Waals surface area contributed by atoms with Crippen LogP contribution in [0.2, 0.25) is 5.02 Å². The second-order valence-electron chi connectivity index (χ2n) is 6.31. The largest absolute Gasteiger partial charge is 0.457 e. The van der Waals surface area contributed by atoms with Crippen molar-refractivity contribution in [2.45, 2.75) is 13.8 Å². The summed E-state index contributed by atoms with van der Waals surface area (Å²) in [5, 5.41) is 9.90. The fourth-order valence-electron chi connectivity index (χ4n) is 3.05. The molecule has 1 aliphatic rings. The third-order valence-electron chi connectivity index (χ3n) is 4.74. The predicted molar refractivity (Wildman–Crippen MR) is 97.9 cm³/mol. The van der Waals surface area contributed by atoms with Gasteiger partial charge in [-0.05, 0) is 36.8 Å². The van der Waals surface area contributed by atoms with E-state index in [0.29, 0.717) is 22.1 Å². The zero-order valence-electron chi connectivity index (χ0n) is 14.6. The number of hydrogen-bond acceptors (Lipinski definition) is 4. The molecule has 132 valence electrons. The molecule has 2 heterocycles. The Kier molecular flexibility index (Phi) is 4.71. The predicted octanol–water partition coefficient (Wildman–Crippen LogP) is 4.07. The number of benzene rings is 1. The minimum absolute atomic E-state index is 0.377. The number of nitriles is 1. The molecule has 26 heavy (non-hydrogen) atoms. The molecule has 0 bridgehead atoms. The van der Waals surface area contributed by atoms with Gasteiger partial charge in [-0.15, -0.1) is 0 Å². The van der Waals surface area contributed by atoms with Gasteiger partial charge in [0.15, 0.2) is 0 Å². The van der Waals surface area contributed by atoms with Crippen LogP contribution in [-0.4, -0.2) is 23.8 Å². The molecule has 2 atom stereocenters. The Labute approximate surface area is 156 Å². The van der Waals surface area contributed by atoms with E-state index in [1.165, 1.54) is 7.05 Å². The van der Waals surface area contributed by atoms with E-state index in [4.69, 9.17) is 16.0 Å². The summed E-state index contributed by atoms with van der Waals surface area (Å²) in [5.74, 6) is -1.16. The quantitative estimate of drug-likeness (QED) is 0.591. The SMILES string of the molecule is Cc1c(Cl)cccc1-c1ccc(/C=C2/C(=O)N(C)C(=O)C(C#N)C2C)o1. The molecular weight excluding hydrogens is 352 g/mol. The lowest BCUT2D eigenvalue weighted by molar-refractivity contribution is -0.146. The zero-order valence-corrected chi connectivity index (χ0v) is 15.4. The highest BCUT2D eigenvalue weighted by molar-refractivity contribution is 6.31. The minimum atomic E-state index is -0.881. The molecule has 0 aliphatic carbocycles. The van der Waals surface area contributed by atoms with Crippen molar-refractivity contribution in [2.75, 3.05) is 7.05 Å². The molecule has 1 aliphatic heterocycles. The lowest BCUT2D eigenvalue weighted by Crippen LogP contribution is -2.47. The second-order valence-corrected chi connectivity index (χ2v) is 6.72. The molecular formula is C20H17ClN2O3. The van der Waals surface area contributed by atoms with Crippen molar-refractivity contribution in [3.63, 3.8) is 0 Å². The van der Waals surface area contributed by atoms with Crippen molar-refractivity contribution in [1.82, 2.24) is 4.90 Å². The third-order valence-corrected chi connectivity index (χ3v) is 5.15. The first kappa shape index (κ1) is 18.0. The van der Waals surface area contributed by atoms with Crippen LogP contribution in [0.15, 0.2) is 40.3 Å². The van der Waals surface area contributed by atoms with Gasteiger partial charge in [0.1, 0.15) is 17.4 Å². The van der Waals surface area contributed by atoms with Crippen molar-refractivity contribution in [1.29, 1.82) is 5.26 Å². The van der Waals surface area contributed by atoms with Crippen LogP contribution in [0.25, 0.3) is 17.4 Å². The summed E-state index contributed by atoms with van der Waals surface area (Å²) >= 11 is 6.16. The number of carbonyl (C=O) groups excluding carboxylic acids is 2. The van der Waals surface area contributed by atoms with Gasteiger partial charge < -0.3 is 4.42 Å². The molecule has 0 N–H and O–H groups in total. The van der Waals surface area contributed by atoms with E-state index >= 15 is 0 Å². The van der Waals surface area contributed by atoms with Crippen LogP contribution >= 0.6 is 11.6 Å². The van der Waals surface area contributed by atoms with Crippen LogP contribution in [-0.2, 0) is 9.59 Å². The number of amides is 2. The van der Waals surface area contributed by atoms with E-state index in [0.717, 1.165) is 16.0 Å². The van der Waals surface area contributed by atoms with Crippen LogP contribution in [0, 0.1) is 30.1 Å². The van der Waals surface area contributed by atoms with Gasteiger partial charge in [-0.3, -0.25) is 14.5 Å². The fraction of sp³-hybridized carbons (Fsp3) is 0.250. The molecule has 0 saturated carbocycles. The number of likely N-dealkylation sites (N-methyl/N-ethyl adjacent to an activating group) is 1. The third kappa shape index (κ3) is 2.93. The van der Waals surface area contributed by atoms with Crippen LogP contribution in [0.1, 0.15) is 18.2 Å². The number of furan rings is 1. The highest BCUT2D eigenvalue weighted by Gasteiger charge is 2.41. The summed E-state index contributed by atoms with van der Waals surface area (Å²) in [6.45, 7) is 3.61. The van der Waals surface area contributed by atoms with E-state index in [2.05, 4.69) is 0 Å². The van der Waals surface area contributed by atoms with Crippen molar-refractivity contribution < 1.29 is 14.0 Å². The number of halogens is 1. The Morgan fingerprint density at radius 3 is 2.69 bits per heavy atom. The number of nitrogens with zero attached hydrogens (tertiary/aromatic N) is 2. The van der Waals surface area contributed by atoms with E-state index in [1.807, 2.05) is 31.2 Å². The maximum absolute atomic E-state index is 12.5. The topological polar surface area (TPSA) is 74.3 Å².